The quantitative estimate of drug-likeness (QED) is 0.892. The summed E-state index contributed by atoms with van der Waals surface area (Å²) in [5.74, 6) is -0.527. The first-order chi connectivity index (χ1) is 10.1. The summed E-state index contributed by atoms with van der Waals surface area (Å²) < 4.78 is 17.3. The highest BCUT2D eigenvalue weighted by Gasteiger charge is 2.47. The second kappa shape index (κ2) is 4.24. The Balaban J connectivity index is 1.74. The van der Waals surface area contributed by atoms with Crippen LogP contribution < -0.4 is 9.47 Å². The Bertz CT molecular complexity index is 750. The van der Waals surface area contributed by atoms with Crippen molar-refractivity contribution in [1.29, 1.82) is 0 Å². The van der Waals surface area contributed by atoms with E-state index in [-0.39, 0.29) is 5.76 Å². The van der Waals surface area contributed by atoms with Gasteiger partial charge in [0.25, 0.3) is 5.79 Å². The van der Waals surface area contributed by atoms with E-state index in [9.17, 15) is 4.79 Å². The lowest BCUT2D eigenvalue weighted by molar-refractivity contribution is -0.138. The first kappa shape index (κ1) is 12.7. The van der Waals surface area contributed by atoms with Crippen molar-refractivity contribution in [1.82, 2.24) is 5.16 Å². The summed E-state index contributed by atoms with van der Waals surface area (Å²) in [7, 11) is 0. The van der Waals surface area contributed by atoms with E-state index in [0.29, 0.717) is 22.8 Å². The lowest BCUT2D eigenvalue weighted by Gasteiger charge is -2.35. The number of carbonyl (C=O) groups is 1. The van der Waals surface area contributed by atoms with Gasteiger partial charge in [-0.1, -0.05) is 5.16 Å². The van der Waals surface area contributed by atoms with Gasteiger partial charge in [-0.25, -0.2) is 4.79 Å². The van der Waals surface area contributed by atoms with Gasteiger partial charge in [-0.2, -0.15) is 0 Å². The summed E-state index contributed by atoms with van der Waals surface area (Å²) >= 11 is 3.45. The molecule has 0 unspecified atom stereocenters. The molecule has 1 aromatic carbocycles. The van der Waals surface area contributed by atoms with Crippen molar-refractivity contribution in [2.24, 2.45) is 0 Å². The average Bonchev–Trinajstić information content (AvgIpc) is 3.00. The summed E-state index contributed by atoms with van der Waals surface area (Å²) in [4.78, 5) is 10.9. The number of ether oxygens (including phenoxy) is 2. The molecule has 1 aliphatic carbocycles. The predicted octanol–water partition coefficient (Wildman–Crippen LogP) is 3.45. The first-order valence-corrected chi connectivity index (χ1v) is 7.28. The minimum absolute atomic E-state index is 0.204. The van der Waals surface area contributed by atoms with E-state index in [1.54, 1.807) is 6.07 Å². The lowest BCUT2D eigenvalue weighted by atomic mass is 9.91. The molecule has 2 aromatic rings. The number of benzene rings is 1. The maximum Gasteiger partial charge on any atom is 0.374 e. The fourth-order valence-corrected chi connectivity index (χ4v) is 3.01. The van der Waals surface area contributed by atoms with Gasteiger partial charge in [0, 0.05) is 28.9 Å². The van der Waals surface area contributed by atoms with Gasteiger partial charge >= 0.3 is 5.97 Å². The highest BCUT2D eigenvalue weighted by atomic mass is 79.9. The van der Waals surface area contributed by atoms with Gasteiger partial charge < -0.3 is 19.1 Å². The summed E-state index contributed by atoms with van der Waals surface area (Å²) in [6.45, 7) is 0. The largest absolute Gasteiger partial charge is 0.475 e. The van der Waals surface area contributed by atoms with Crippen LogP contribution >= 0.6 is 15.9 Å². The number of nitrogens with zero attached hydrogens (tertiary/aromatic N) is 1. The van der Waals surface area contributed by atoms with Crippen LogP contribution in [0.25, 0.3) is 11.3 Å². The van der Waals surface area contributed by atoms with Crippen molar-refractivity contribution in [3.8, 4) is 22.8 Å². The van der Waals surface area contributed by atoms with Gasteiger partial charge in [-0.3, -0.25) is 0 Å². The molecule has 1 aromatic heterocycles. The number of carboxylic acid groups (broad SMARTS) is 1. The average molecular weight is 352 g/mol. The van der Waals surface area contributed by atoms with Crippen LogP contribution in [-0.4, -0.2) is 22.0 Å². The molecule has 0 bridgehead atoms. The van der Waals surface area contributed by atoms with Crippen molar-refractivity contribution in [2.75, 3.05) is 0 Å². The third kappa shape index (κ3) is 1.91. The highest BCUT2D eigenvalue weighted by molar-refractivity contribution is 9.10. The number of aromatic carboxylic acids is 1. The molecule has 0 amide bonds. The van der Waals surface area contributed by atoms with Crippen LogP contribution in [0.4, 0.5) is 0 Å². The summed E-state index contributed by atoms with van der Waals surface area (Å²) in [6.07, 6.45) is 2.84. The van der Waals surface area contributed by atoms with E-state index < -0.39 is 11.8 Å². The van der Waals surface area contributed by atoms with Gasteiger partial charge in [-0.15, -0.1) is 0 Å². The second-order valence-electron chi connectivity index (χ2n) is 5.13. The molecule has 1 saturated carbocycles. The zero-order chi connectivity index (χ0) is 14.6. The van der Waals surface area contributed by atoms with Crippen LogP contribution in [0.5, 0.6) is 11.5 Å². The molecule has 0 saturated heterocycles. The van der Waals surface area contributed by atoms with Gasteiger partial charge in [0.05, 0.1) is 0 Å². The van der Waals surface area contributed by atoms with Crippen LogP contribution in [0, 0.1) is 0 Å². The Labute approximate surface area is 127 Å². The smallest absolute Gasteiger partial charge is 0.374 e. The summed E-state index contributed by atoms with van der Waals surface area (Å²) in [5, 5.41) is 12.7. The molecule has 108 valence electrons. The molecule has 4 rings (SSSR count). The molecule has 21 heavy (non-hydrogen) atoms. The minimum atomic E-state index is -1.15. The molecule has 0 atom stereocenters. The number of rotatable bonds is 2. The Morgan fingerprint density at radius 2 is 1.95 bits per heavy atom. The van der Waals surface area contributed by atoms with E-state index in [2.05, 4.69) is 21.1 Å². The molecular weight excluding hydrogens is 342 g/mol. The summed E-state index contributed by atoms with van der Waals surface area (Å²) in [5.41, 5.74) is 1.13. The molecule has 1 fully saturated rings. The molecule has 2 aliphatic rings. The number of halogens is 1. The maximum atomic E-state index is 10.9. The number of hydrogen-bond acceptors (Lipinski definition) is 5. The van der Waals surface area contributed by atoms with Crippen molar-refractivity contribution in [2.45, 2.75) is 25.0 Å². The molecule has 1 spiro atoms. The topological polar surface area (TPSA) is 81.8 Å². The molecule has 2 heterocycles. The van der Waals surface area contributed by atoms with Crippen molar-refractivity contribution < 1.29 is 23.9 Å². The molecular formula is C14H10BrNO5. The third-order valence-electron chi connectivity index (χ3n) is 3.74. The molecule has 7 heteroatoms. The third-order valence-corrected chi connectivity index (χ3v) is 4.39. The van der Waals surface area contributed by atoms with E-state index in [4.69, 9.17) is 19.1 Å². The van der Waals surface area contributed by atoms with Gasteiger partial charge in [0.1, 0.15) is 5.69 Å². The first-order valence-electron chi connectivity index (χ1n) is 6.48. The Morgan fingerprint density at radius 1 is 1.24 bits per heavy atom. The van der Waals surface area contributed by atoms with E-state index in [0.717, 1.165) is 23.7 Å². The maximum absolute atomic E-state index is 10.9. The molecule has 0 radical (unpaired) electrons. The van der Waals surface area contributed by atoms with E-state index in [1.807, 2.05) is 6.07 Å². The van der Waals surface area contributed by atoms with E-state index >= 15 is 0 Å². The fourth-order valence-electron chi connectivity index (χ4n) is 2.49. The van der Waals surface area contributed by atoms with Gasteiger partial charge in [0.2, 0.25) is 5.76 Å². The van der Waals surface area contributed by atoms with Crippen LogP contribution in [0.3, 0.4) is 0 Å². The normalized spacial score (nSPS) is 17.8. The van der Waals surface area contributed by atoms with Crippen LogP contribution in [-0.2, 0) is 0 Å². The molecule has 1 aliphatic heterocycles. The zero-order valence-electron chi connectivity index (χ0n) is 10.8. The zero-order valence-corrected chi connectivity index (χ0v) is 12.3. The van der Waals surface area contributed by atoms with Gasteiger partial charge in [0.15, 0.2) is 11.5 Å². The molecule has 1 N–H and O–H groups in total. The standard InChI is InChI=1S/C14H10BrNO5/c15-8-5-11-10(19-14(20-11)2-1-3-14)4-7(8)9-6-12(13(17)18)21-16-9/h4-6H,1-3H2,(H,17,18). The van der Waals surface area contributed by atoms with Crippen molar-refractivity contribution >= 4 is 21.9 Å². The van der Waals surface area contributed by atoms with Gasteiger partial charge in [-0.05, 0) is 34.5 Å². The number of fused-ring (bicyclic) bond motifs is 1. The predicted molar refractivity (Wildman–Crippen MR) is 74.4 cm³/mol. The van der Waals surface area contributed by atoms with Crippen LogP contribution in [0.1, 0.15) is 29.8 Å². The monoisotopic (exact) mass is 351 g/mol. The fraction of sp³-hybridized carbons (Fsp3) is 0.286. The lowest BCUT2D eigenvalue weighted by Crippen LogP contribution is -2.45. The highest BCUT2D eigenvalue weighted by Crippen LogP contribution is 2.50. The van der Waals surface area contributed by atoms with Crippen molar-refractivity contribution in [3.05, 3.63) is 28.4 Å². The Hall–Kier alpha value is -2.02. The van der Waals surface area contributed by atoms with Crippen molar-refractivity contribution in [3.63, 3.8) is 0 Å². The second-order valence-corrected chi connectivity index (χ2v) is 5.98. The Kier molecular flexibility index (Phi) is 2.56. The Morgan fingerprint density at radius 3 is 2.52 bits per heavy atom. The van der Waals surface area contributed by atoms with Crippen LogP contribution in [0.15, 0.2) is 27.2 Å². The number of hydrogen-bond donors (Lipinski definition) is 1. The molecule has 6 nitrogen and oxygen atoms in total. The number of carboxylic acids is 1. The summed E-state index contributed by atoms with van der Waals surface area (Å²) in [6, 6.07) is 4.98. The number of aromatic nitrogens is 1. The van der Waals surface area contributed by atoms with Crippen LogP contribution in [0.2, 0.25) is 0 Å². The SMILES string of the molecule is O=C(O)c1cc(-c2cc3c(cc2Br)OC2(CCC2)O3)no1. The minimum Gasteiger partial charge on any atom is -0.475 e. The van der Waals surface area contributed by atoms with E-state index in [1.165, 1.54) is 6.07 Å².